The molecule has 3 nitrogen and oxygen atoms in total. The average Bonchev–Trinajstić information content (AvgIpc) is 3.30. The molecule has 1 atom stereocenters. The zero-order valence-corrected chi connectivity index (χ0v) is 17.5. The molecule has 4 aromatic carbocycles. The fraction of sp³-hybridized carbons (Fsp3) is 0.0385. The monoisotopic (exact) mass is 452 g/mol. The van der Waals surface area contributed by atoms with Crippen LogP contribution in [0.4, 0.5) is 0 Å². The van der Waals surface area contributed by atoms with Crippen molar-refractivity contribution >= 4 is 27.0 Å². The van der Waals surface area contributed by atoms with E-state index in [1.165, 1.54) is 0 Å². The summed E-state index contributed by atoms with van der Waals surface area (Å²) in [6, 6.07) is 32.2. The van der Waals surface area contributed by atoms with E-state index >= 15 is 0 Å². The van der Waals surface area contributed by atoms with Gasteiger partial charge in [-0.1, -0.05) is 78.9 Å². The molecule has 0 amide bonds. The Kier molecular flexibility index (Phi) is 3.76. The molecule has 144 valence electrons. The summed E-state index contributed by atoms with van der Waals surface area (Å²) in [5.74, 6) is 0.619. The minimum absolute atomic E-state index is 0.619. The summed E-state index contributed by atoms with van der Waals surface area (Å²) in [6.07, 6.45) is 0. The summed E-state index contributed by atoms with van der Waals surface area (Å²) < 4.78 is 3.01. The normalized spacial score (nSPS) is 17.1. The van der Waals surface area contributed by atoms with Gasteiger partial charge in [0, 0.05) is 15.6 Å². The SMILES string of the molecule is OC1(c2ccccc2-c2ccccc2)c2cccc(Br)c2-n2c1nc1ccccc12. The number of aromatic nitrogens is 2. The van der Waals surface area contributed by atoms with Crippen molar-refractivity contribution in [1.29, 1.82) is 0 Å². The Bertz CT molecular complexity index is 1420. The topological polar surface area (TPSA) is 38.0 Å². The number of rotatable bonds is 2. The molecule has 6 rings (SSSR count). The summed E-state index contributed by atoms with van der Waals surface area (Å²) >= 11 is 3.72. The van der Waals surface area contributed by atoms with E-state index in [4.69, 9.17) is 4.98 Å². The summed E-state index contributed by atoms with van der Waals surface area (Å²) in [4.78, 5) is 4.91. The number of fused-ring (bicyclic) bond motifs is 5. The standard InChI is InChI=1S/C26H17BrN2O/c27-21-14-8-13-20-24(21)29-23-16-7-6-15-22(23)28-25(29)26(20,30)19-12-5-4-11-18(19)17-9-2-1-3-10-17/h1-16,30H. The first-order chi connectivity index (χ1) is 14.7. The molecule has 4 heteroatoms. The zero-order chi connectivity index (χ0) is 20.3. The second-order valence-corrected chi connectivity index (χ2v) is 8.37. The van der Waals surface area contributed by atoms with Crippen LogP contribution in [0, 0.1) is 0 Å². The number of para-hydroxylation sites is 3. The molecule has 1 unspecified atom stereocenters. The maximum atomic E-state index is 12.4. The van der Waals surface area contributed by atoms with Gasteiger partial charge >= 0.3 is 0 Å². The molecule has 5 aromatic rings. The van der Waals surface area contributed by atoms with Crippen molar-refractivity contribution in [3.8, 4) is 16.8 Å². The van der Waals surface area contributed by atoms with Gasteiger partial charge in [0.2, 0.25) is 0 Å². The maximum absolute atomic E-state index is 12.4. The van der Waals surface area contributed by atoms with Crippen LogP contribution < -0.4 is 0 Å². The van der Waals surface area contributed by atoms with E-state index in [0.29, 0.717) is 5.82 Å². The first-order valence-corrected chi connectivity index (χ1v) is 10.6. The highest BCUT2D eigenvalue weighted by atomic mass is 79.9. The van der Waals surface area contributed by atoms with E-state index in [9.17, 15) is 5.11 Å². The predicted octanol–water partition coefficient (Wildman–Crippen LogP) is 6.05. The molecule has 0 fully saturated rings. The number of imidazole rings is 1. The lowest BCUT2D eigenvalue weighted by Gasteiger charge is -2.26. The molecule has 1 N–H and O–H groups in total. The zero-order valence-electron chi connectivity index (χ0n) is 16.0. The molecule has 1 aromatic heterocycles. The molecule has 0 saturated carbocycles. The van der Waals surface area contributed by atoms with Crippen molar-refractivity contribution in [3.63, 3.8) is 0 Å². The first kappa shape index (κ1) is 17.6. The maximum Gasteiger partial charge on any atom is 0.176 e. The van der Waals surface area contributed by atoms with Crippen molar-refractivity contribution in [2.45, 2.75) is 5.60 Å². The lowest BCUT2D eigenvalue weighted by molar-refractivity contribution is 0.123. The molecule has 0 aliphatic carbocycles. The smallest absolute Gasteiger partial charge is 0.176 e. The third kappa shape index (κ3) is 2.26. The number of hydrogen-bond donors (Lipinski definition) is 1. The minimum Gasteiger partial charge on any atom is -0.373 e. The fourth-order valence-electron chi connectivity index (χ4n) is 4.58. The summed E-state index contributed by atoms with van der Waals surface area (Å²) in [5, 5.41) is 12.4. The van der Waals surface area contributed by atoms with Crippen LogP contribution in [-0.4, -0.2) is 14.7 Å². The Hall–Kier alpha value is -3.21. The quantitative estimate of drug-likeness (QED) is 0.353. The lowest BCUT2D eigenvalue weighted by Crippen LogP contribution is -2.28. The molecule has 0 bridgehead atoms. The number of halogens is 1. The largest absolute Gasteiger partial charge is 0.373 e. The first-order valence-electron chi connectivity index (χ1n) is 9.84. The highest BCUT2D eigenvalue weighted by Gasteiger charge is 2.48. The third-order valence-electron chi connectivity index (χ3n) is 5.89. The van der Waals surface area contributed by atoms with Crippen molar-refractivity contribution < 1.29 is 5.11 Å². The van der Waals surface area contributed by atoms with E-state index < -0.39 is 5.60 Å². The molecule has 1 aliphatic rings. The van der Waals surface area contributed by atoms with Crippen LogP contribution >= 0.6 is 15.9 Å². The molecule has 0 saturated heterocycles. The average molecular weight is 453 g/mol. The van der Waals surface area contributed by atoms with Crippen molar-refractivity contribution in [2.75, 3.05) is 0 Å². The van der Waals surface area contributed by atoms with Crippen LogP contribution in [-0.2, 0) is 5.60 Å². The number of benzene rings is 4. The number of hydrogen-bond acceptors (Lipinski definition) is 2. The summed E-state index contributed by atoms with van der Waals surface area (Å²) in [6.45, 7) is 0. The van der Waals surface area contributed by atoms with Gasteiger partial charge in [-0.2, -0.15) is 0 Å². The van der Waals surface area contributed by atoms with Gasteiger partial charge in [-0.15, -0.1) is 0 Å². The van der Waals surface area contributed by atoms with Crippen LogP contribution in [0.3, 0.4) is 0 Å². The van der Waals surface area contributed by atoms with Crippen molar-refractivity contribution in [3.05, 3.63) is 118 Å². The predicted molar refractivity (Wildman–Crippen MR) is 123 cm³/mol. The van der Waals surface area contributed by atoms with Crippen molar-refractivity contribution in [2.24, 2.45) is 0 Å². The second kappa shape index (κ2) is 6.39. The van der Waals surface area contributed by atoms with Gasteiger partial charge in [0.25, 0.3) is 0 Å². The van der Waals surface area contributed by atoms with Gasteiger partial charge in [0.05, 0.1) is 16.7 Å². The van der Waals surface area contributed by atoms with Gasteiger partial charge in [-0.3, -0.25) is 4.57 Å². The number of nitrogens with zero attached hydrogens (tertiary/aromatic N) is 2. The van der Waals surface area contributed by atoms with Gasteiger partial charge in [-0.25, -0.2) is 4.98 Å². The van der Waals surface area contributed by atoms with E-state index in [2.05, 4.69) is 38.7 Å². The van der Waals surface area contributed by atoms with Gasteiger partial charge < -0.3 is 5.11 Å². The van der Waals surface area contributed by atoms with Gasteiger partial charge in [0.15, 0.2) is 11.4 Å². The molecule has 0 spiro atoms. The molecule has 0 radical (unpaired) electrons. The van der Waals surface area contributed by atoms with Crippen LogP contribution in [0.5, 0.6) is 0 Å². The Morgan fingerprint density at radius 3 is 2.30 bits per heavy atom. The Balaban J connectivity index is 1.75. The van der Waals surface area contributed by atoms with E-state index in [1.807, 2.05) is 78.9 Å². The van der Waals surface area contributed by atoms with E-state index in [1.54, 1.807) is 0 Å². The van der Waals surface area contributed by atoms with Gasteiger partial charge in [-0.05, 0) is 45.3 Å². The Morgan fingerprint density at radius 2 is 1.43 bits per heavy atom. The Morgan fingerprint density at radius 1 is 0.733 bits per heavy atom. The highest BCUT2D eigenvalue weighted by molar-refractivity contribution is 9.10. The second-order valence-electron chi connectivity index (χ2n) is 7.52. The molecule has 30 heavy (non-hydrogen) atoms. The third-order valence-corrected chi connectivity index (χ3v) is 6.53. The molecule has 1 aliphatic heterocycles. The van der Waals surface area contributed by atoms with E-state index in [0.717, 1.165) is 43.4 Å². The van der Waals surface area contributed by atoms with Crippen LogP contribution in [0.2, 0.25) is 0 Å². The highest BCUT2D eigenvalue weighted by Crippen LogP contribution is 2.51. The van der Waals surface area contributed by atoms with Crippen LogP contribution in [0.15, 0.2) is 102 Å². The lowest BCUT2D eigenvalue weighted by atomic mass is 9.82. The van der Waals surface area contributed by atoms with Gasteiger partial charge in [0.1, 0.15) is 0 Å². The summed E-state index contributed by atoms with van der Waals surface area (Å²) in [7, 11) is 0. The van der Waals surface area contributed by atoms with E-state index in [-0.39, 0.29) is 0 Å². The minimum atomic E-state index is -1.37. The number of aliphatic hydroxyl groups is 1. The van der Waals surface area contributed by atoms with Crippen molar-refractivity contribution in [1.82, 2.24) is 9.55 Å². The van der Waals surface area contributed by atoms with Crippen LogP contribution in [0.1, 0.15) is 17.0 Å². The molecular weight excluding hydrogens is 436 g/mol. The fourth-order valence-corrected chi connectivity index (χ4v) is 5.13. The molecule has 2 heterocycles. The summed E-state index contributed by atoms with van der Waals surface area (Å²) in [5.41, 5.74) is 5.12. The van der Waals surface area contributed by atoms with Crippen LogP contribution in [0.25, 0.3) is 27.8 Å². The Labute approximate surface area is 182 Å². The molecular formula is C26H17BrN2O.